The lowest BCUT2D eigenvalue weighted by Crippen LogP contribution is -1.99. The molecule has 0 aliphatic carbocycles. The van der Waals surface area contributed by atoms with E-state index in [1.54, 1.807) is 0 Å². The number of aryl methyl sites for hydroxylation is 4. The third-order valence-electron chi connectivity index (χ3n) is 5.21. The van der Waals surface area contributed by atoms with Crippen LogP contribution in [0.5, 0.6) is 0 Å². The lowest BCUT2D eigenvalue weighted by molar-refractivity contribution is 0.783. The predicted molar refractivity (Wildman–Crippen MR) is 118 cm³/mol. The third kappa shape index (κ3) is 5.47. The molecule has 1 nitrogen and oxygen atoms in total. The summed E-state index contributed by atoms with van der Waals surface area (Å²) < 4.78 is 0. The van der Waals surface area contributed by atoms with Crippen molar-refractivity contribution in [1.29, 1.82) is 0 Å². The normalized spacial score (nSPS) is 10.7. The molecular formula is C26H31N. The molecule has 27 heavy (non-hydrogen) atoms. The number of nitrogens with one attached hydrogen (secondary N) is 1. The summed E-state index contributed by atoms with van der Waals surface area (Å²) in [5, 5.41) is 3.60. The van der Waals surface area contributed by atoms with E-state index in [-0.39, 0.29) is 0 Å². The molecule has 0 bridgehead atoms. The van der Waals surface area contributed by atoms with Gasteiger partial charge in [0.25, 0.3) is 0 Å². The Balaban J connectivity index is 1.68. The topological polar surface area (TPSA) is 12.0 Å². The quantitative estimate of drug-likeness (QED) is 0.430. The van der Waals surface area contributed by atoms with E-state index >= 15 is 0 Å². The van der Waals surface area contributed by atoms with Gasteiger partial charge in [-0.15, -0.1) is 0 Å². The Hall–Kier alpha value is -2.54. The van der Waals surface area contributed by atoms with E-state index in [9.17, 15) is 0 Å². The Morgan fingerprint density at radius 2 is 1.37 bits per heavy atom. The van der Waals surface area contributed by atoms with Gasteiger partial charge in [0.05, 0.1) is 0 Å². The fraction of sp³-hybridized carbons (Fsp3) is 0.308. The molecule has 140 valence electrons. The molecule has 1 N–H and O–H groups in total. The Morgan fingerprint density at radius 3 is 2.11 bits per heavy atom. The first-order valence-electron chi connectivity index (χ1n) is 10.3. The summed E-state index contributed by atoms with van der Waals surface area (Å²) >= 11 is 0. The highest BCUT2D eigenvalue weighted by Crippen LogP contribution is 2.23. The zero-order chi connectivity index (χ0) is 18.9. The summed E-state index contributed by atoms with van der Waals surface area (Å²) in [4.78, 5) is 0. The molecule has 3 aromatic rings. The molecular weight excluding hydrogens is 326 g/mol. The minimum absolute atomic E-state index is 1.04. The average Bonchev–Trinajstić information content (AvgIpc) is 2.72. The Labute approximate surface area is 164 Å². The van der Waals surface area contributed by atoms with Crippen LogP contribution in [0.25, 0.3) is 0 Å². The summed E-state index contributed by atoms with van der Waals surface area (Å²) in [5.41, 5.74) is 8.15. The van der Waals surface area contributed by atoms with Crippen LogP contribution in [0.1, 0.15) is 48.9 Å². The van der Waals surface area contributed by atoms with E-state index in [4.69, 9.17) is 0 Å². The molecule has 0 spiro atoms. The summed E-state index contributed by atoms with van der Waals surface area (Å²) in [6, 6.07) is 26.3. The molecule has 0 saturated carbocycles. The SMILES string of the molecule is CCCCc1ccccc1CCc1cccc(Nc2ccccc2CC)c1. The highest BCUT2D eigenvalue weighted by molar-refractivity contribution is 5.63. The van der Waals surface area contributed by atoms with Crippen molar-refractivity contribution in [2.75, 3.05) is 5.32 Å². The largest absolute Gasteiger partial charge is 0.355 e. The zero-order valence-electron chi connectivity index (χ0n) is 16.7. The standard InChI is InChI=1S/C26H31N/c1-3-5-12-23-14-6-7-15-24(23)19-18-21-11-10-16-25(20-21)27-26-17-9-8-13-22(26)4-2/h6-11,13-17,20,27H,3-5,12,18-19H2,1-2H3. The second-order valence-electron chi connectivity index (χ2n) is 7.21. The molecule has 0 unspecified atom stereocenters. The minimum Gasteiger partial charge on any atom is -0.355 e. The first-order chi connectivity index (χ1) is 13.3. The molecule has 0 fully saturated rings. The van der Waals surface area contributed by atoms with Crippen molar-refractivity contribution >= 4 is 11.4 Å². The van der Waals surface area contributed by atoms with Gasteiger partial charge in [-0.1, -0.05) is 74.9 Å². The van der Waals surface area contributed by atoms with Gasteiger partial charge in [-0.25, -0.2) is 0 Å². The fourth-order valence-electron chi connectivity index (χ4n) is 3.60. The summed E-state index contributed by atoms with van der Waals surface area (Å²) in [6.45, 7) is 4.46. The molecule has 3 aromatic carbocycles. The molecule has 3 rings (SSSR count). The van der Waals surface area contributed by atoms with Gasteiger partial charge in [-0.2, -0.15) is 0 Å². The van der Waals surface area contributed by atoms with E-state index in [1.807, 2.05) is 0 Å². The number of anilines is 2. The maximum atomic E-state index is 3.60. The predicted octanol–water partition coefficient (Wildman–Crippen LogP) is 7.12. The Kier molecular flexibility index (Phi) is 7.10. The number of unbranched alkanes of at least 4 members (excludes halogenated alkanes) is 1. The fourth-order valence-corrected chi connectivity index (χ4v) is 3.60. The lowest BCUT2D eigenvalue weighted by atomic mass is 9.96. The van der Waals surface area contributed by atoms with Crippen LogP contribution in [0.2, 0.25) is 0 Å². The Bertz CT molecular complexity index is 850. The molecule has 0 aliphatic heterocycles. The second kappa shape index (κ2) is 9.97. The van der Waals surface area contributed by atoms with E-state index in [0.29, 0.717) is 0 Å². The van der Waals surface area contributed by atoms with Crippen LogP contribution in [0.4, 0.5) is 11.4 Å². The molecule has 1 heteroatoms. The van der Waals surface area contributed by atoms with Crippen molar-refractivity contribution < 1.29 is 0 Å². The molecule has 0 aromatic heterocycles. The van der Waals surface area contributed by atoms with Crippen LogP contribution in [-0.2, 0) is 25.7 Å². The van der Waals surface area contributed by atoms with Crippen molar-refractivity contribution in [3.63, 3.8) is 0 Å². The second-order valence-corrected chi connectivity index (χ2v) is 7.21. The van der Waals surface area contributed by atoms with Crippen LogP contribution < -0.4 is 5.32 Å². The van der Waals surface area contributed by atoms with Crippen LogP contribution in [0.3, 0.4) is 0 Å². The van der Waals surface area contributed by atoms with E-state index in [0.717, 1.165) is 19.3 Å². The smallest absolute Gasteiger partial charge is 0.0416 e. The van der Waals surface area contributed by atoms with Crippen molar-refractivity contribution in [2.45, 2.75) is 52.4 Å². The van der Waals surface area contributed by atoms with E-state index < -0.39 is 0 Å². The first kappa shape index (κ1) is 19.2. The molecule has 0 atom stereocenters. The number of rotatable bonds is 9. The third-order valence-corrected chi connectivity index (χ3v) is 5.21. The van der Waals surface area contributed by atoms with Gasteiger partial charge in [0, 0.05) is 11.4 Å². The number of para-hydroxylation sites is 1. The summed E-state index contributed by atoms with van der Waals surface area (Å²) in [5.74, 6) is 0. The van der Waals surface area contributed by atoms with Crippen LogP contribution in [0.15, 0.2) is 72.8 Å². The minimum atomic E-state index is 1.04. The van der Waals surface area contributed by atoms with Crippen molar-refractivity contribution in [3.8, 4) is 0 Å². The maximum absolute atomic E-state index is 3.60. The van der Waals surface area contributed by atoms with Crippen molar-refractivity contribution in [3.05, 3.63) is 95.1 Å². The van der Waals surface area contributed by atoms with Crippen LogP contribution in [0, 0.1) is 0 Å². The average molecular weight is 358 g/mol. The number of benzene rings is 3. The zero-order valence-corrected chi connectivity index (χ0v) is 16.7. The number of hydrogen-bond donors (Lipinski definition) is 1. The number of hydrogen-bond acceptors (Lipinski definition) is 1. The van der Waals surface area contributed by atoms with E-state index in [1.165, 1.54) is 52.9 Å². The van der Waals surface area contributed by atoms with E-state index in [2.05, 4.69) is 92.0 Å². The lowest BCUT2D eigenvalue weighted by Gasteiger charge is -2.13. The van der Waals surface area contributed by atoms with Crippen LogP contribution in [-0.4, -0.2) is 0 Å². The van der Waals surface area contributed by atoms with Gasteiger partial charge >= 0.3 is 0 Å². The molecule has 0 saturated heterocycles. The van der Waals surface area contributed by atoms with Gasteiger partial charge in [-0.05, 0) is 72.6 Å². The maximum Gasteiger partial charge on any atom is 0.0416 e. The van der Waals surface area contributed by atoms with Gasteiger partial charge < -0.3 is 5.32 Å². The van der Waals surface area contributed by atoms with Crippen molar-refractivity contribution in [1.82, 2.24) is 0 Å². The molecule has 0 amide bonds. The molecule has 0 heterocycles. The highest BCUT2D eigenvalue weighted by Gasteiger charge is 2.04. The monoisotopic (exact) mass is 357 g/mol. The molecule has 0 aliphatic rings. The van der Waals surface area contributed by atoms with Crippen molar-refractivity contribution in [2.24, 2.45) is 0 Å². The van der Waals surface area contributed by atoms with Gasteiger partial charge in [0.1, 0.15) is 0 Å². The first-order valence-corrected chi connectivity index (χ1v) is 10.3. The Morgan fingerprint density at radius 1 is 0.667 bits per heavy atom. The molecule has 0 radical (unpaired) electrons. The van der Waals surface area contributed by atoms with Crippen LogP contribution >= 0.6 is 0 Å². The van der Waals surface area contributed by atoms with Gasteiger partial charge in [-0.3, -0.25) is 0 Å². The van der Waals surface area contributed by atoms with Gasteiger partial charge in [0.15, 0.2) is 0 Å². The summed E-state index contributed by atoms with van der Waals surface area (Å²) in [6.07, 6.45) is 6.94. The highest BCUT2D eigenvalue weighted by atomic mass is 14.9. The van der Waals surface area contributed by atoms with Gasteiger partial charge in [0.2, 0.25) is 0 Å². The summed E-state index contributed by atoms with van der Waals surface area (Å²) in [7, 11) is 0.